The number of nitrogens with one attached hydrogen (secondary N) is 1. The number of carboxylic acids is 1. The van der Waals surface area contributed by atoms with Crippen molar-refractivity contribution in [1.82, 2.24) is 10.2 Å². The van der Waals surface area contributed by atoms with Crippen LogP contribution in [0.15, 0.2) is 0 Å². The molecule has 0 spiro atoms. The van der Waals surface area contributed by atoms with Gasteiger partial charge in [-0.2, -0.15) is 0 Å². The van der Waals surface area contributed by atoms with Gasteiger partial charge in [0.1, 0.15) is 6.54 Å². The van der Waals surface area contributed by atoms with Gasteiger partial charge in [-0.25, -0.2) is 0 Å². The molecule has 1 saturated heterocycles. The number of rotatable bonds is 8. The summed E-state index contributed by atoms with van der Waals surface area (Å²) in [5.41, 5.74) is -0.120. The quantitative estimate of drug-likeness (QED) is 0.696. The van der Waals surface area contributed by atoms with Crippen molar-refractivity contribution in [3.05, 3.63) is 0 Å². The van der Waals surface area contributed by atoms with Gasteiger partial charge in [0.25, 0.3) is 0 Å². The average Bonchev–Trinajstić information content (AvgIpc) is 2.72. The molecule has 0 aliphatic carbocycles. The summed E-state index contributed by atoms with van der Waals surface area (Å²) in [4.78, 5) is 35.1. The van der Waals surface area contributed by atoms with Crippen molar-refractivity contribution in [2.45, 2.75) is 33.1 Å². The Morgan fingerprint density at radius 3 is 2.65 bits per heavy atom. The highest BCUT2D eigenvalue weighted by Crippen LogP contribution is 2.26. The van der Waals surface area contributed by atoms with E-state index in [1.54, 1.807) is 0 Å². The summed E-state index contributed by atoms with van der Waals surface area (Å²) in [7, 11) is 0. The first-order valence-electron chi connectivity index (χ1n) is 6.64. The molecule has 0 aromatic rings. The SMILES string of the molecule is CC(C)(CCNC(=O)CN1CSCC1=O)CCC(=O)O. The van der Waals surface area contributed by atoms with Gasteiger partial charge in [-0.05, 0) is 18.3 Å². The maximum Gasteiger partial charge on any atom is 0.303 e. The molecule has 1 aliphatic rings. The molecule has 0 aromatic carbocycles. The fourth-order valence-electron chi connectivity index (χ4n) is 1.88. The molecule has 0 atom stereocenters. The summed E-state index contributed by atoms with van der Waals surface area (Å²) in [5.74, 6) is 0.0836. The van der Waals surface area contributed by atoms with Crippen LogP contribution in [0, 0.1) is 5.41 Å². The Morgan fingerprint density at radius 2 is 2.10 bits per heavy atom. The fraction of sp³-hybridized carbons (Fsp3) is 0.769. The molecule has 1 aliphatic heterocycles. The molecule has 2 amide bonds. The Hall–Kier alpha value is -1.24. The highest BCUT2D eigenvalue weighted by atomic mass is 32.2. The Labute approximate surface area is 123 Å². The minimum absolute atomic E-state index is 0.00642. The second kappa shape index (κ2) is 7.52. The number of nitrogens with zero attached hydrogens (tertiary/aromatic N) is 1. The zero-order valence-electron chi connectivity index (χ0n) is 12.0. The van der Waals surface area contributed by atoms with Crippen molar-refractivity contribution < 1.29 is 19.5 Å². The molecular weight excluding hydrogens is 280 g/mol. The topological polar surface area (TPSA) is 86.7 Å². The number of hydrogen-bond acceptors (Lipinski definition) is 4. The van der Waals surface area contributed by atoms with E-state index in [0.717, 1.165) is 0 Å². The van der Waals surface area contributed by atoms with Gasteiger partial charge in [0.15, 0.2) is 0 Å². The first-order chi connectivity index (χ1) is 9.30. The molecule has 114 valence electrons. The van der Waals surface area contributed by atoms with Gasteiger partial charge >= 0.3 is 5.97 Å². The predicted molar refractivity (Wildman–Crippen MR) is 77.3 cm³/mol. The lowest BCUT2D eigenvalue weighted by Gasteiger charge is -2.24. The third kappa shape index (κ3) is 6.27. The van der Waals surface area contributed by atoms with Crippen LogP contribution in [0.4, 0.5) is 0 Å². The Kier molecular flexibility index (Phi) is 6.32. The van der Waals surface area contributed by atoms with Gasteiger partial charge in [-0.1, -0.05) is 13.8 Å². The van der Waals surface area contributed by atoms with E-state index in [9.17, 15) is 14.4 Å². The normalized spacial score (nSPS) is 15.5. The lowest BCUT2D eigenvalue weighted by molar-refractivity contribution is -0.137. The zero-order valence-corrected chi connectivity index (χ0v) is 12.8. The number of thioether (sulfide) groups is 1. The monoisotopic (exact) mass is 302 g/mol. The third-order valence-electron chi connectivity index (χ3n) is 3.30. The number of amides is 2. The van der Waals surface area contributed by atoms with Crippen LogP contribution in [0.2, 0.25) is 0 Å². The van der Waals surface area contributed by atoms with E-state index in [-0.39, 0.29) is 30.2 Å². The zero-order chi connectivity index (χ0) is 15.2. The molecule has 6 nitrogen and oxygen atoms in total. The van der Waals surface area contributed by atoms with Crippen LogP contribution in [0.3, 0.4) is 0 Å². The van der Waals surface area contributed by atoms with Crippen molar-refractivity contribution in [2.24, 2.45) is 5.41 Å². The lowest BCUT2D eigenvalue weighted by Crippen LogP contribution is -2.39. The first kappa shape index (κ1) is 16.8. The number of carbonyl (C=O) groups excluding carboxylic acids is 2. The highest BCUT2D eigenvalue weighted by Gasteiger charge is 2.23. The largest absolute Gasteiger partial charge is 0.481 e. The first-order valence-corrected chi connectivity index (χ1v) is 7.80. The Balaban J connectivity index is 2.20. The van der Waals surface area contributed by atoms with Crippen LogP contribution in [0.1, 0.15) is 33.1 Å². The molecule has 1 heterocycles. The number of hydrogen-bond donors (Lipinski definition) is 2. The molecule has 1 fully saturated rings. The third-order valence-corrected chi connectivity index (χ3v) is 4.24. The Morgan fingerprint density at radius 1 is 1.40 bits per heavy atom. The molecule has 20 heavy (non-hydrogen) atoms. The number of carboxylic acid groups (broad SMARTS) is 1. The maximum absolute atomic E-state index is 11.7. The molecule has 0 radical (unpaired) electrons. The number of aliphatic carboxylic acids is 1. The van der Waals surface area contributed by atoms with Gasteiger partial charge in [0, 0.05) is 13.0 Å². The fourth-order valence-corrected chi connectivity index (χ4v) is 2.78. The summed E-state index contributed by atoms with van der Waals surface area (Å²) < 4.78 is 0. The predicted octanol–water partition coefficient (Wildman–Crippen LogP) is 0.917. The standard InChI is InChI=1S/C13H22N2O4S/c1-13(2,4-3-12(18)19)5-6-14-10(16)7-15-9-20-8-11(15)17/h3-9H2,1-2H3,(H,14,16)(H,18,19). The molecular formula is C13H22N2O4S. The average molecular weight is 302 g/mol. The van der Waals surface area contributed by atoms with Crippen LogP contribution in [0.25, 0.3) is 0 Å². The summed E-state index contributed by atoms with van der Waals surface area (Å²) in [6, 6.07) is 0. The van der Waals surface area contributed by atoms with Gasteiger partial charge < -0.3 is 15.3 Å². The van der Waals surface area contributed by atoms with E-state index in [4.69, 9.17) is 5.11 Å². The van der Waals surface area contributed by atoms with Crippen LogP contribution in [-0.4, -0.2) is 52.5 Å². The summed E-state index contributed by atoms with van der Waals surface area (Å²) in [5, 5.41) is 11.4. The molecule has 2 N–H and O–H groups in total. The summed E-state index contributed by atoms with van der Waals surface area (Å²) >= 11 is 1.51. The van der Waals surface area contributed by atoms with E-state index >= 15 is 0 Å². The maximum atomic E-state index is 11.7. The molecule has 0 unspecified atom stereocenters. The molecule has 1 rings (SSSR count). The van der Waals surface area contributed by atoms with Gasteiger partial charge in [0.2, 0.25) is 11.8 Å². The highest BCUT2D eigenvalue weighted by molar-refractivity contribution is 8.00. The minimum Gasteiger partial charge on any atom is -0.481 e. The van der Waals surface area contributed by atoms with Crippen molar-refractivity contribution in [3.8, 4) is 0 Å². The van der Waals surface area contributed by atoms with Gasteiger partial charge in [-0.3, -0.25) is 14.4 Å². The molecule has 7 heteroatoms. The van der Waals surface area contributed by atoms with E-state index in [1.165, 1.54) is 16.7 Å². The number of carbonyl (C=O) groups is 3. The van der Waals surface area contributed by atoms with Crippen molar-refractivity contribution >= 4 is 29.5 Å². The smallest absolute Gasteiger partial charge is 0.303 e. The van der Waals surface area contributed by atoms with E-state index in [0.29, 0.717) is 31.0 Å². The van der Waals surface area contributed by atoms with Crippen molar-refractivity contribution in [1.29, 1.82) is 0 Å². The van der Waals surface area contributed by atoms with Crippen LogP contribution < -0.4 is 5.32 Å². The summed E-state index contributed by atoms with van der Waals surface area (Å²) in [6.45, 7) is 4.59. The van der Waals surface area contributed by atoms with Gasteiger partial charge in [0.05, 0.1) is 11.6 Å². The second-order valence-electron chi connectivity index (χ2n) is 5.73. The van der Waals surface area contributed by atoms with Crippen LogP contribution in [0.5, 0.6) is 0 Å². The second-order valence-corrected chi connectivity index (χ2v) is 6.68. The molecule has 0 aromatic heterocycles. The van der Waals surface area contributed by atoms with E-state index in [2.05, 4.69) is 5.32 Å². The van der Waals surface area contributed by atoms with Crippen LogP contribution in [-0.2, 0) is 14.4 Å². The lowest BCUT2D eigenvalue weighted by atomic mass is 9.84. The van der Waals surface area contributed by atoms with E-state index < -0.39 is 5.97 Å². The molecule has 0 bridgehead atoms. The molecule has 0 saturated carbocycles. The van der Waals surface area contributed by atoms with Gasteiger partial charge in [-0.15, -0.1) is 11.8 Å². The Bertz CT molecular complexity index is 385. The van der Waals surface area contributed by atoms with Crippen molar-refractivity contribution in [2.75, 3.05) is 24.7 Å². The van der Waals surface area contributed by atoms with Crippen LogP contribution >= 0.6 is 11.8 Å². The minimum atomic E-state index is -0.799. The van der Waals surface area contributed by atoms with E-state index in [1.807, 2.05) is 13.8 Å². The summed E-state index contributed by atoms with van der Waals surface area (Å²) in [6.07, 6.45) is 1.44. The van der Waals surface area contributed by atoms with Crippen molar-refractivity contribution in [3.63, 3.8) is 0 Å².